The lowest BCUT2D eigenvalue weighted by Crippen LogP contribution is -2.31. The molecular formula is C17H15BrClNO3. The van der Waals surface area contributed by atoms with Crippen molar-refractivity contribution in [3.63, 3.8) is 0 Å². The number of carbonyl (C=O) groups is 2. The molecular weight excluding hydrogens is 382 g/mol. The highest BCUT2D eigenvalue weighted by Gasteiger charge is 2.14. The molecule has 1 N–H and O–H groups in total. The number of amides is 1. The first-order chi connectivity index (χ1) is 11.0. The van der Waals surface area contributed by atoms with Crippen molar-refractivity contribution in [2.75, 3.05) is 6.61 Å². The van der Waals surface area contributed by atoms with Gasteiger partial charge in [-0.1, -0.05) is 51.8 Å². The lowest BCUT2D eigenvalue weighted by Gasteiger charge is -2.15. The zero-order valence-electron chi connectivity index (χ0n) is 12.4. The molecule has 0 heterocycles. The minimum Gasteiger partial charge on any atom is -0.452 e. The van der Waals surface area contributed by atoms with Crippen molar-refractivity contribution in [1.82, 2.24) is 5.32 Å². The van der Waals surface area contributed by atoms with Crippen LogP contribution in [0.15, 0.2) is 53.0 Å². The highest BCUT2D eigenvalue weighted by molar-refractivity contribution is 9.10. The number of hydrogen-bond donors (Lipinski definition) is 1. The quantitative estimate of drug-likeness (QED) is 0.773. The molecule has 4 nitrogen and oxygen atoms in total. The van der Waals surface area contributed by atoms with Crippen molar-refractivity contribution in [2.24, 2.45) is 0 Å². The fourth-order valence-electron chi connectivity index (χ4n) is 2.02. The van der Waals surface area contributed by atoms with Gasteiger partial charge in [-0.15, -0.1) is 0 Å². The Morgan fingerprint density at radius 1 is 1.22 bits per heavy atom. The van der Waals surface area contributed by atoms with Gasteiger partial charge < -0.3 is 10.1 Å². The van der Waals surface area contributed by atoms with Crippen molar-refractivity contribution >= 4 is 39.4 Å². The number of esters is 1. The predicted octanol–water partition coefficient (Wildman–Crippen LogP) is 4.14. The third-order valence-corrected chi connectivity index (χ3v) is 4.10. The second-order valence-electron chi connectivity index (χ2n) is 4.90. The first-order valence-electron chi connectivity index (χ1n) is 6.94. The predicted molar refractivity (Wildman–Crippen MR) is 92.4 cm³/mol. The number of halogens is 2. The van der Waals surface area contributed by atoms with Crippen LogP contribution in [0, 0.1) is 0 Å². The summed E-state index contributed by atoms with van der Waals surface area (Å²) in [5.41, 5.74) is 1.26. The first-order valence-corrected chi connectivity index (χ1v) is 8.11. The SMILES string of the molecule is C[C@@H](NC(=O)COC(=O)c1cccc(Cl)c1)c1ccccc1Br. The number of nitrogens with one attached hydrogen (secondary N) is 1. The molecule has 0 saturated carbocycles. The Balaban J connectivity index is 1.88. The largest absolute Gasteiger partial charge is 0.452 e. The van der Waals surface area contributed by atoms with Gasteiger partial charge in [-0.2, -0.15) is 0 Å². The van der Waals surface area contributed by atoms with Gasteiger partial charge in [0, 0.05) is 9.50 Å². The van der Waals surface area contributed by atoms with E-state index in [1.807, 2.05) is 31.2 Å². The summed E-state index contributed by atoms with van der Waals surface area (Å²) in [6, 6.07) is 13.8. The summed E-state index contributed by atoms with van der Waals surface area (Å²) in [5, 5.41) is 3.22. The molecule has 0 spiro atoms. The number of rotatable bonds is 5. The minimum atomic E-state index is -0.587. The first kappa shape index (κ1) is 17.5. The summed E-state index contributed by atoms with van der Waals surface area (Å²) in [7, 11) is 0. The number of benzene rings is 2. The van der Waals surface area contributed by atoms with E-state index in [9.17, 15) is 9.59 Å². The Labute approximate surface area is 147 Å². The molecule has 2 aromatic carbocycles. The number of ether oxygens (including phenoxy) is 1. The van der Waals surface area contributed by atoms with Gasteiger partial charge in [-0.25, -0.2) is 4.79 Å². The molecule has 2 rings (SSSR count). The van der Waals surface area contributed by atoms with Crippen LogP contribution in [0.2, 0.25) is 5.02 Å². The van der Waals surface area contributed by atoms with Crippen LogP contribution in [0.3, 0.4) is 0 Å². The van der Waals surface area contributed by atoms with E-state index in [1.54, 1.807) is 18.2 Å². The van der Waals surface area contributed by atoms with Gasteiger partial charge in [-0.05, 0) is 36.8 Å². The molecule has 23 heavy (non-hydrogen) atoms. The molecule has 0 radical (unpaired) electrons. The van der Waals surface area contributed by atoms with Crippen LogP contribution >= 0.6 is 27.5 Å². The zero-order valence-corrected chi connectivity index (χ0v) is 14.7. The Morgan fingerprint density at radius 3 is 2.65 bits per heavy atom. The van der Waals surface area contributed by atoms with Crippen molar-refractivity contribution in [1.29, 1.82) is 0 Å². The molecule has 2 aromatic rings. The van der Waals surface area contributed by atoms with Crippen LogP contribution in [-0.4, -0.2) is 18.5 Å². The van der Waals surface area contributed by atoms with Crippen LogP contribution in [0.25, 0.3) is 0 Å². The Hall–Kier alpha value is -1.85. The second kappa shape index (κ2) is 8.13. The Bertz CT molecular complexity index is 720. The van der Waals surface area contributed by atoms with Crippen molar-refractivity contribution in [3.05, 3.63) is 69.2 Å². The van der Waals surface area contributed by atoms with Gasteiger partial charge in [0.1, 0.15) is 0 Å². The molecule has 1 atom stereocenters. The lowest BCUT2D eigenvalue weighted by molar-refractivity contribution is -0.124. The summed E-state index contributed by atoms with van der Waals surface area (Å²) >= 11 is 9.25. The summed E-state index contributed by atoms with van der Waals surface area (Å²) in [4.78, 5) is 23.8. The van der Waals surface area contributed by atoms with E-state index in [0.29, 0.717) is 10.6 Å². The van der Waals surface area contributed by atoms with Crippen molar-refractivity contribution in [2.45, 2.75) is 13.0 Å². The lowest BCUT2D eigenvalue weighted by atomic mass is 10.1. The Kier molecular flexibility index (Phi) is 6.19. The van der Waals surface area contributed by atoms with Crippen LogP contribution < -0.4 is 5.32 Å². The highest BCUT2D eigenvalue weighted by atomic mass is 79.9. The fourth-order valence-corrected chi connectivity index (χ4v) is 2.84. The topological polar surface area (TPSA) is 55.4 Å². The van der Waals surface area contributed by atoms with Gasteiger partial charge in [0.25, 0.3) is 5.91 Å². The summed E-state index contributed by atoms with van der Waals surface area (Å²) in [6.07, 6.45) is 0. The highest BCUT2D eigenvalue weighted by Crippen LogP contribution is 2.22. The summed E-state index contributed by atoms with van der Waals surface area (Å²) in [6.45, 7) is 1.51. The van der Waals surface area contributed by atoms with Gasteiger partial charge in [0.15, 0.2) is 6.61 Å². The fraction of sp³-hybridized carbons (Fsp3) is 0.176. The third kappa shape index (κ3) is 5.08. The van der Waals surface area contributed by atoms with Crippen LogP contribution in [-0.2, 0) is 9.53 Å². The maximum absolute atomic E-state index is 11.9. The normalized spacial score (nSPS) is 11.6. The summed E-state index contributed by atoms with van der Waals surface area (Å²) in [5.74, 6) is -0.958. The molecule has 0 aliphatic heterocycles. The van der Waals surface area contributed by atoms with Gasteiger partial charge >= 0.3 is 5.97 Å². The zero-order chi connectivity index (χ0) is 16.8. The van der Waals surface area contributed by atoms with Gasteiger partial charge in [-0.3, -0.25) is 4.79 Å². The van der Waals surface area contributed by atoms with Crippen molar-refractivity contribution < 1.29 is 14.3 Å². The maximum Gasteiger partial charge on any atom is 0.338 e. The second-order valence-corrected chi connectivity index (χ2v) is 6.19. The molecule has 0 unspecified atom stereocenters. The number of hydrogen-bond acceptors (Lipinski definition) is 3. The smallest absolute Gasteiger partial charge is 0.338 e. The van der Waals surface area contributed by atoms with Crippen LogP contribution in [0.4, 0.5) is 0 Å². The molecule has 0 aliphatic rings. The molecule has 1 amide bonds. The molecule has 0 bridgehead atoms. The molecule has 0 fully saturated rings. The van der Waals surface area contributed by atoms with Crippen molar-refractivity contribution in [3.8, 4) is 0 Å². The van der Waals surface area contributed by atoms with E-state index >= 15 is 0 Å². The average Bonchev–Trinajstić information content (AvgIpc) is 2.53. The maximum atomic E-state index is 11.9. The molecule has 120 valence electrons. The van der Waals surface area contributed by atoms with E-state index in [4.69, 9.17) is 16.3 Å². The molecule has 6 heteroatoms. The van der Waals surface area contributed by atoms with E-state index in [1.165, 1.54) is 6.07 Å². The van der Waals surface area contributed by atoms with Gasteiger partial charge in [0.2, 0.25) is 0 Å². The van der Waals surface area contributed by atoms with E-state index in [0.717, 1.165) is 10.0 Å². The van der Waals surface area contributed by atoms with Gasteiger partial charge in [0.05, 0.1) is 11.6 Å². The molecule has 0 saturated heterocycles. The minimum absolute atomic E-state index is 0.206. The van der Waals surface area contributed by atoms with Crippen LogP contribution in [0.5, 0.6) is 0 Å². The number of carbonyl (C=O) groups excluding carboxylic acids is 2. The average molecular weight is 397 g/mol. The third-order valence-electron chi connectivity index (χ3n) is 3.14. The summed E-state index contributed by atoms with van der Waals surface area (Å²) < 4.78 is 5.90. The monoisotopic (exact) mass is 395 g/mol. The van der Waals surface area contributed by atoms with E-state index in [2.05, 4.69) is 21.2 Å². The van der Waals surface area contributed by atoms with Crippen LogP contribution in [0.1, 0.15) is 28.9 Å². The Morgan fingerprint density at radius 2 is 1.96 bits per heavy atom. The molecule has 0 aliphatic carbocycles. The van der Waals surface area contributed by atoms with E-state index < -0.39 is 5.97 Å². The molecule has 0 aromatic heterocycles. The standard InChI is InChI=1S/C17H15BrClNO3/c1-11(14-7-2-3-8-15(14)18)20-16(21)10-23-17(22)12-5-4-6-13(19)9-12/h2-9,11H,10H2,1H3,(H,20,21)/t11-/m1/s1. The van der Waals surface area contributed by atoms with E-state index in [-0.39, 0.29) is 18.6 Å².